The molecule has 0 bridgehead atoms. The number of rotatable bonds is 27. The van der Waals surface area contributed by atoms with Gasteiger partial charge in [-0.05, 0) is 38.5 Å². The van der Waals surface area contributed by atoms with E-state index in [1.807, 2.05) is 0 Å². The largest absolute Gasteiger partial charge is 0.481 e. The quantitative estimate of drug-likeness (QED) is 0.0639. The minimum Gasteiger partial charge on any atom is -0.481 e. The van der Waals surface area contributed by atoms with Crippen molar-refractivity contribution in [2.24, 2.45) is 10.2 Å². The molecule has 0 aliphatic heterocycles. The molecule has 2 amide bonds. The number of nitrogens with zero attached hydrogens (tertiary/aromatic N) is 2. The van der Waals surface area contributed by atoms with Crippen molar-refractivity contribution in [1.29, 1.82) is 0 Å². The first-order chi connectivity index (χ1) is 18.8. The van der Waals surface area contributed by atoms with Crippen molar-refractivity contribution in [2.75, 3.05) is 13.6 Å². The molecule has 0 aliphatic rings. The number of azo groups is 1. The molecule has 4 N–H and O–H groups in total. The predicted octanol–water partition coefficient (Wildman–Crippen LogP) is 4.82. The van der Waals surface area contributed by atoms with Gasteiger partial charge in [0.25, 0.3) is 0 Å². The van der Waals surface area contributed by atoms with Crippen molar-refractivity contribution < 1.29 is 34.2 Å². The van der Waals surface area contributed by atoms with Gasteiger partial charge in [-0.3, -0.25) is 14.4 Å². The van der Waals surface area contributed by atoms with Gasteiger partial charge >= 0.3 is 11.9 Å². The summed E-state index contributed by atoms with van der Waals surface area (Å²) in [5.41, 5.74) is 0. The lowest BCUT2D eigenvalue weighted by atomic mass is 10.0. The Balaban J connectivity index is 3.78. The summed E-state index contributed by atoms with van der Waals surface area (Å²) in [5, 5.41) is 30.6. The number of hydrogen-bond acceptors (Lipinski definition) is 7. The van der Waals surface area contributed by atoms with E-state index in [-0.39, 0.29) is 37.5 Å². The van der Waals surface area contributed by atoms with E-state index in [1.54, 1.807) is 0 Å². The second-order valence-electron chi connectivity index (χ2n) is 10.00. The molecule has 0 aliphatic carbocycles. The van der Waals surface area contributed by atoms with Gasteiger partial charge < -0.3 is 25.6 Å². The third kappa shape index (κ3) is 24.0. The molecule has 0 radical (unpaired) electrons. The summed E-state index contributed by atoms with van der Waals surface area (Å²) in [6, 6.07) is -1.55. The lowest BCUT2D eigenvalue weighted by Gasteiger charge is -2.14. The molecule has 0 aromatic rings. The molecule has 39 heavy (non-hydrogen) atoms. The van der Waals surface area contributed by atoms with E-state index in [0.717, 1.165) is 51.2 Å². The van der Waals surface area contributed by atoms with Gasteiger partial charge in [-0.15, -0.1) is 0 Å². The highest BCUT2D eigenvalue weighted by atomic mass is 16.4. The highest BCUT2D eigenvalue weighted by Gasteiger charge is 2.20. The number of amides is 2. The second-order valence-corrected chi connectivity index (χ2v) is 10.00. The Bertz CT molecular complexity index is 731. The normalized spacial score (nSPS) is 12.6. The van der Waals surface area contributed by atoms with Crippen molar-refractivity contribution >= 4 is 30.0 Å². The average molecular weight is 555 g/mol. The van der Waals surface area contributed by atoms with Crippen LogP contribution in [0.5, 0.6) is 0 Å². The van der Waals surface area contributed by atoms with Gasteiger partial charge in [-0.1, -0.05) is 64.2 Å². The van der Waals surface area contributed by atoms with Crippen LogP contribution in [0.2, 0.25) is 0 Å². The monoisotopic (exact) mass is 554 g/mol. The maximum Gasteiger partial charge on any atom is 0.326 e. The van der Waals surface area contributed by atoms with Crippen LogP contribution in [0.15, 0.2) is 10.2 Å². The summed E-state index contributed by atoms with van der Waals surface area (Å²) in [6.45, 7) is 0.425. The minimum absolute atomic E-state index is 0.00296. The van der Waals surface area contributed by atoms with Crippen LogP contribution in [0, 0.1) is 0 Å². The number of carboxylic acids is 2. The lowest BCUT2D eigenvalue weighted by molar-refractivity contribution is -0.142. The van der Waals surface area contributed by atoms with Gasteiger partial charge in [0.2, 0.25) is 11.8 Å². The summed E-state index contributed by atoms with van der Waals surface area (Å²) < 4.78 is 0. The fraction of sp³-hybridized carbons (Fsp3) is 0.821. The summed E-state index contributed by atoms with van der Waals surface area (Å²) in [7, 11) is 1.51. The molecule has 0 rings (SSSR count). The van der Waals surface area contributed by atoms with Crippen LogP contribution in [0.1, 0.15) is 122 Å². The van der Waals surface area contributed by atoms with Crippen LogP contribution in [-0.4, -0.2) is 65.9 Å². The number of aldehydes is 1. The van der Waals surface area contributed by atoms with Crippen molar-refractivity contribution in [3.63, 3.8) is 0 Å². The van der Waals surface area contributed by atoms with Crippen LogP contribution in [0.4, 0.5) is 0 Å². The molecule has 0 spiro atoms. The van der Waals surface area contributed by atoms with E-state index in [1.165, 1.54) is 32.7 Å². The first-order valence-corrected chi connectivity index (χ1v) is 14.5. The number of carbonyl (C=O) groups excluding carboxylic acids is 3. The van der Waals surface area contributed by atoms with Gasteiger partial charge in [0.1, 0.15) is 18.4 Å². The number of unbranched alkanes of at least 4 members (excludes halogenated alkanes) is 12. The summed E-state index contributed by atoms with van der Waals surface area (Å²) in [4.78, 5) is 56.9. The van der Waals surface area contributed by atoms with Crippen LogP contribution in [0.3, 0.4) is 0 Å². The average Bonchev–Trinajstić information content (AvgIpc) is 2.89. The van der Waals surface area contributed by atoms with Crippen LogP contribution >= 0.6 is 0 Å². The maximum atomic E-state index is 12.2. The Hall–Kier alpha value is -2.85. The van der Waals surface area contributed by atoms with E-state index in [0.29, 0.717) is 32.2 Å². The van der Waals surface area contributed by atoms with Crippen LogP contribution < -0.4 is 10.6 Å². The fourth-order valence-electron chi connectivity index (χ4n) is 4.22. The van der Waals surface area contributed by atoms with Crippen molar-refractivity contribution in [2.45, 2.75) is 134 Å². The van der Waals surface area contributed by atoms with Gasteiger partial charge in [0, 0.05) is 32.9 Å². The molecule has 0 heterocycles. The van der Waals surface area contributed by atoms with Crippen molar-refractivity contribution in [3.05, 3.63) is 0 Å². The molecule has 0 saturated heterocycles. The van der Waals surface area contributed by atoms with E-state index in [9.17, 15) is 29.1 Å². The number of carboxylic acid groups (broad SMARTS) is 2. The SMILES string of the molecule is CN=NC(C=O)CCCCNC(=O)CCC(NC(=O)CCCCCCCCCCCCCCC(=O)O)C(=O)O. The van der Waals surface area contributed by atoms with E-state index >= 15 is 0 Å². The first-order valence-electron chi connectivity index (χ1n) is 14.5. The Labute approximate surface area is 233 Å². The zero-order chi connectivity index (χ0) is 29.1. The molecule has 2 atom stereocenters. The van der Waals surface area contributed by atoms with Gasteiger partial charge in [0.15, 0.2) is 0 Å². The van der Waals surface area contributed by atoms with E-state index in [4.69, 9.17) is 5.11 Å². The third-order valence-electron chi connectivity index (χ3n) is 6.51. The topological polar surface area (TPSA) is 175 Å². The molecule has 11 heteroatoms. The number of carbonyl (C=O) groups is 5. The van der Waals surface area contributed by atoms with Crippen molar-refractivity contribution in [3.8, 4) is 0 Å². The zero-order valence-corrected chi connectivity index (χ0v) is 23.7. The molecule has 224 valence electrons. The van der Waals surface area contributed by atoms with Gasteiger partial charge in [0.05, 0.1) is 0 Å². The molecule has 2 unspecified atom stereocenters. The molecule has 0 aromatic carbocycles. The van der Waals surface area contributed by atoms with Crippen LogP contribution in [-0.2, 0) is 24.0 Å². The van der Waals surface area contributed by atoms with E-state index in [2.05, 4.69) is 20.9 Å². The highest BCUT2D eigenvalue weighted by Crippen LogP contribution is 2.13. The lowest BCUT2D eigenvalue weighted by Crippen LogP contribution is -2.41. The Morgan fingerprint density at radius 1 is 0.692 bits per heavy atom. The van der Waals surface area contributed by atoms with Crippen LogP contribution in [0.25, 0.3) is 0 Å². The summed E-state index contributed by atoms with van der Waals surface area (Å²) in [5.74, 6) is -2.45. The highest BCUT2D eigenvalue weighted by molar-refractivity contribution is 5.84. The zero-order valence-electron chi connectivity index (χ0n) is 23.7. The Morgan fingerprint density at radius 3 is 1.72 bits per heavy atom. The van der Waals surface area contributed by atoms with Gasteiger partial charge in [-0.25, -0.2) is 4.79 Å². The maximum absolute atomic E-state index is 12.2. The Morgan fingerprint density at radius 2 is 1.23 bits per heavy atom. The minimum atomic E-state index is -1.15. The molecule has 0 aromatic heterocycles. The number of aliphatic carboxylic acids is 2. The molecular weight excluding hydrogens is 504 g/mol. The van der Waals surface area contributed by atoms with Crippen molar-refractivity contribution in [1.82, 2.24) is 10.6 Å². The molecular formula is C28H50N4O7. The summed E-state index contributed by atoms with van der Waals surface area (Å²) >= 11 is 0. The Kier molecular flexibility index (Phi) is 23.6. The molecule has 11 nitrogen and oxygen atoms in total. The standard InChI is InChI=1S/C28H50N4O7/c1-29-32-23(22-33)16-14-15-21-30-25(34)20-19-24(28(38)39)31-26(35)17-12-10-8-6-4-2-3-5-7-9-11-13-18-27(36)37/h22-24H,2-21H2,1H3,(H,30,34)(H,31,35)(H,36,37)(H,38,39). The van der Waals surface area contributed by atoms with Gasteiger partial charge in [-0.2, -0.15) is 10.2 Å². The molecule has 0 fully saturated rings. The summed E-state index contributed by atoms with van der Waals surface area (Å²) in [6.07, 6.45) is 15.8. The number of nitrogens with one attached hydrogen (secondary N) is 2. The second kappa shape index (κ2) is 25.4. The smallest absolute Gasteiger partial charge is 0.326 e. The first kappa shape index (κ1) is 36.1. The molecule has 0 saturated carbocycles. The predicted molar refractivity (Wildman–Crippen MR) is 149 cm³/mol. The fourth-order valence-corrected chi connectivity index (χ4v) is 4.22. The van der Waals surface area contributed by atoms with E-state index < -0.39 is 24.0 Å². The number of hydrogen-bond donors (Lipinski definition) is 4. The third-order valence-corrected chi connectivity index (χ3v) is 6.51.